The zero-order valence-corrected chi connectivity index (χ0v) is 14.1. The lowest BCUT2D eigenvalue weighted by Gasteiger charge is -2.33. The lowest BCUT2D eigenvalue weighted by molar-refractivity contribution is -0.117. The van der Waals surface area contributed by atoms with Crippen molar-refractivity contribution in [3.05, 3.63) is 24.0 Å². The Morgan fingerprint density at radius 3 is 2.74 bits per heavy atom. The van der Waals surface area contributed by atoms with Gasteiger partial charge in [-0.1, -0.05) is 19.3 Å². The zero-order valence-electron chi connectivity index (χ0n) is 14.1. The molecular formula is C18H27FN2O2. The Morgan fingerprint density at radius 2 is 2.09 bits per heavy atom. The van der Waals surface area contributed by atoms with Crippen molar-refractivity contribution in [2.45, 2.75) is 51.5 Å². The van der Waals surface area contributed by atoms with Crippen molar-refractivity contribution in [1.82, 2.24) is 0 Å². The Hall–Kier alpha value is -1.62. The number of nitrogens with one attached hydrogen (secondary N) is 1. The first kappa shape index (κ1) is 17.7. The minimum Gasteiger partial charge on any atom is -0.381 e. The number of carbonyl (C=O) groups excluding carboxylic acids is 1. The third-order valence-electron chi connectivity index (χ3n) is 4.41. The summed E-state index contributed by atoms with van der Waals surface area (Å²) in [5, 5.41) is 2.71. The molecule has 1 aromatic rings. The van der Waals surface area contributed by atoms with E-state index in [0.29, 0.717) is 30.6 Å². The minimum atomic E-state index is -0.291. The van der Waals surface area contributed by atoms with Crippen LogP contribution in [0.3, 0.4) is 0 Å². The van der Waals surface area contributed by atoms with Gasteiger partial charge in [0.25, 0.3) is 0 Å². The van der Waals surface area contributed by atoms with Gasteiger partial charge in [-0.25, -0.2) is 4.39 Å². The highest BCUT2D eigenvalue weighted by molar-refractivity contribution is 5.91. The monoisotopic (exact) mass is 322 g/mol. The van der Waals surface area contributed by atoms with E-state index in [-0.39, 0.29) is 18.1 Å². The molecule has 0 spiro atoms. The van der Waals surface area contributed by atoms with Gasteiger partial charge >= 0.3 is 0 Å². The molecule has 1 aliphatic rings. The van der Waals surface area contributed by atoms with Crippen molar-refractivity contribution in [2.75, 3.05) is 30.5 Å². The van der Waals surface area contributed by atoms with Gasteiger partial charge in [0.05, 0.1) is 18.7 Å². The van der Waals surface area contributed by atoms with E-state index < -0.39 is 0 Å². The maximum Gasteiger partial charge on any atom is 0.226 e. The first-order valence-electron chi connectivity index (χ1n) is 8.51. The number of anilines is 2. The molecule has 1 saturated carbocycles. The molecular weight excluding hydrogens is 295 g/mol. The molecule has 0 aromatic heterocycles. The maximum absolute atomic E-state index is 14.4. The van der Waals surface area contributed by atoms with E-state index in [0.717, 1.165) is 12.8 Å². The second kappa shape index (κ2) is 8.87. The van der Waals surface area contributed by atoms with E-state index in [2.05, 4.69) is 5.32 Å². The van der Waals surface area contributed by atoms with Crippen molar-refractivity contribution in [3.8, 4) is 0 Å². The normalized spacial score (nSPS) is 15.4. The van der Waals surface area contributed by atoms with E-state index >= 15 is 0 Å². The molecule has 0 bridgehead atoms. The van der Waals surface area contributed by atoms with Crippen LogP contribution < -0.4 is 10.2 Å². The Morgan fingerprint density at radius 1 is 1.35 bits per heavy atom. The SMILES string of the molecule is CCOCCC(=O)Nc1ccc(N(C)C2CCCCC2)c(F)c1. The molecule has 0 radical (unpaired) electrons. The van der Waals surface area contributed by atoms with Crippen molar-refractivity contribution in [1.29, 1.82) is 0 Å². The second-order valence-corrected chi connectivity index (χ2v) is 6.06. The van der Waals surface area contributed by atoms with E-state index in [4.69, 9.17) is 4.74 Å². The lowest BCUT2D eigenvalue weighted by atomic mass is 9.94. The van der Waals surface area contributed by atoms with Crippen molar-refractivity contribution >= 4 is 17.3 Å². The highest BCUT2D eigenvalue weighted by atomic mass is 19.1. The fraction of sp³-hybridized carbons (Fsp3) is 0.611. The third-order valence-corrected chi connectivity index (χ3v) is 4.41. The van der Waals surface area contributed by atoms with E-state index in [1.54, 1.807) is 12.1 Å². The summed E-state index contributed by atoms with van der Waals surface area (Å²) in [5.41, 5.74) is 1.09. The van der Waals surface area contributed by atoms with Gasteiger partial charge in [0.15, 0.2) is 0 Å². The van der Waals surface area contributed by atoms with Crippen LogP contribution >= 0.6 is 0 Å². The first-order valence-corrected chi connectivity index (χ1v) is 8.51. The predicted octanol–water partition coefficient (Wildman–Crippen LogP) is 3.96. The van der Waals surface area contributed by atoms with Crippen molar-refractivity contribution < 1.29 is 13.9 Å². The molecule has 4 nitrogen and oxygen atoms in total. The topological polar surface area (TPSA) is 41.6 Å². The summed E-state index contributed by atoms with van der Waals surface area (Å²) in [7, 11) is 1.95. The number of hydrogen-bond donors (Lipinski definition) is 1. The fourth-order valence-electron chi connectivity index (χ4n) is 3.07. The van der Waals surface area contributed by atoms with Crippen LogP contribution in [-0.4, -0.2) is 32.2 Å². The molecule has 128 valence electrons. The van der Waals surface area contributed by atoms with Gasteiger partial charge in [0.1, 0.15) is 5.82 Å². The molecule has 1 fully saturated rings. The maximum atomic E-state index is 14.4. The van der Waals surface area contributed by atoms with Crippen LogP contribution in [0.4, 0.5) is 15.8 Å². The molecule has 0 unspecified atom stereocenters. The van der Waals surface area contributed by atoms with Gasteiger partial charge in [-0.2, -0.15) is 0 Å². The molecule has 5 heteroatoms. The van der Waals surface area contributed by atoms with E-state index in [1.807, 2.05) is 18.9 Å². The summed E-state index contributed by atoms with van der Waals surface area (Å²) >= 11 is 0. The molecule has 0 atom stereocenters. The molecule has 1 amide bonds. The molecule has 0 saturated heterocycles. The Bertz CT molecular complexity index is 516. The van der Waals surface area contributed by atoms with Crippen molar-refractivity contribution in [2.24, 2.45) is 0 Å². The average molecular weight is 322 g/mol. The summed E-state index contributed by atoms with van der Waals surface area (Å²) < 4.78 is 19.5. The summed E-state index contributed by atoms with van der Waals surface area (Å²) in [6.45, 7) is 2.85. The number of benzene rings is 1. The second-order valence-electron chi connectivity index (χ2n) is 6.06. The number of ether oxygens (including phenoxy) is 1. The highest BCUT2D eigenvalue weighted by Crippen LogP contribution is 2.29. The first-order chi connectivity index (χ1) is 11.1. The van der Waals surface area contributed by atoms with Crippen LogP contribution in [0, 0.1) is 5.82 Å². The van der Waals surface area contributed by atoms with Gasteiger partial charge < -0.3 is 15.0 Å². The minimum absolute atomic E-state index is 0.161. The number of amides is 1. The number of hydrogen-bond acceptors (Lipinski definition) is 3. The fourth-order valence-corrected chi connectivity index (χ4v) is 3.07. The van der Waals surface area contributed by atoms with Crippen LogP contribution in [0.1, 0.15) is 45.4 Å². The summed E-state index contributed by atoms with van der Waals surface area (Å²) in [6.07, 6.45) is 6.21. The Kier molecular flexibility index (Phi) is 6.84. The third kappa shape index (κ3) is 5.20. The number of rotatable bonds is 7. The quantitative estimate of drug-likeness (QED) is 0.773. The van der Waals surface area contributed by atoms with Gasteiger partial charge in [-0.3, -0.25) is 4.79 Å². The van der Waals surface area contributed by atoms with Crippen molar-refractivity contribution in [3.63, 3.8) is 0 Å². The van der Waals surface area contributed by atoms with Gasteiger partial charge in [-0.15, -0.1) is 0 Å². The van der Waals surface area contributed by atoms with E-state index in [1.165, 1.54) is 25.3 Å². The van der Waals surface area contributed by atoms with Crippen LogP contribution in [-0.2, 0) is 9.53 Å². The molecule has 0 aliphatic heterocycles. The largest absolute Gasteiger partial charge is 0.381 e. The molecule has 0 heterocycles. The standard InChI is InChI=1S/C18H27FN2O2/c1-3-23-12-11-18(22)20-14-9-10-17(16(19)13-14)21(2)15-7-5-4-6-8-15/h9-10,13,15H,3-8,11-12H2,1-2H3,(H,20,22). The smallest absolute Gasteiger partial charge is 0.226 e. The van der Waals surface area contributed by atoms with Crippen LogP contribution in [0.15, 0.2) is 18.2 Å². The van der Waals surface area contributed by atoms with Gasteiger partial charge in [0.2, 0.25) is 5.91 Å². The Labute approximate surface area is 138 Å². The van der Waals surface area contributed by atoms with Crippen LogP contribution in [0.5, 0.6) is 0 Å². The zero-order chi connectivity index (χ0) is 16.7. The van der Waals surface area contributed by atoms with Gasteiger partial charge in [-0.05, 0) is 38.0 Å². The average Bonchev–Trinajstić information content (AvgIpc) is 2.55. The molecule has 1 N–H and O–H groups in total. The van der Waals surface area contributed by atoms with Crippen LogP contribution in [0.25, 0.3) is 0 Å². The molecule has 1 aliphatic carbocycles. The number of carbonyl (C=O) groups is 1. The number of halogens is 1. The summed E-state index contributed by atoms with van der Waals surface area (Å²) in [5.74, 6) is -0.452. The van der Waals surface area contributed by atoms with E-state index in [9.17, 15) is 9.18 Å². The van der Waals surface area contributed by atoms with Crippen LogP contribution in [0.2, 0.25) is 0 Å². The highest BCUT2D eigenvalue weighted by Gasteiger charge is 2.20. The van der Waals surface area contributed by atoms with Gasteiger partial charge in [0, 0.05) is 25.4 Å². The molecule has 2 rings (SSSR count). The summed E-state index contributed by atoms with van der Waals surface area (Å²) in [6, 6.07) is 5.32. The molecule has 1 aromatic carbocycles. The number of nitrogens with zero attached hydrogens (tertiary/aromatic N) is 1. The predicted molar refractivity (Wildman–Crippen MR) is 91.4 cm³/mol. The lowest BCUT2D eigenvalue weighted by Crippen LogP contribution is -2.33. The molecule has 23 heavy (non-hydrogen) atoms. The Balaban J connectivity index is 1.95. The summed E-state index contributed by atoms with van der Waals surface area (Å²) in [4.78, 5) is 13.8.